The Hall–Kier alpha value is -3.34. The number of alkyl carbamates (subject to hydrolysis) is 1. The number of amides is 5. The van der Waals surface area contributed by atoms with E-state index in [4.69, 9.17) is 9.47 Å². The molecule has 1 rings (SSSR count). The third-order valence-corrected chi connectivity index (χ3v) is 7.73. The van der Waals surface area contributed by atoms with Crippen LogP contribution in [0.3, 0.4) is 0 Å². The third-order valence-electron chi connectivity index (χ3n) is 6.38. The Bertz CT molecular complexity index is 1220. The van der Waals surface area contributed by atoms with Crippen LogP contribution in [0.25, 0.3) is 0 Å². The number of hydrogen-bond donors (Lipinski definition) is 6. The topological polar surface area (TPSA) is 215 Å². The van der Waals surface area contributed by atoms with E-state index in [9.17, 15) is 37.2 Å². The molecule has 1 aliphatic heterocycles. The van der Waals surface area contributed by atoms with Crippen molar-refractivity contribution in [2.45, 2.75) is 96.6 Å². The maximum Gasteiger partial charge on any atom is 0.407 e. The monoisotopic (exact) mass is 691 g/mol. The van der Waals surface area contributed by atoms with Crippen LogP contribution in [0.4, 0.5) is 4.79 Å². The number of carbonyl (C=O) groups is 6. The highest BCUT2D eigenvalue weighted by atomic mass is 32.2. The molecule has 5 N–H and O–H groups in total. The van der Waals surface area contributed by atoms with Gasteiger partial charge in [0.25, 0.3) is 0 Å². The SMILES string of the molecule is CC(C)[C@H]1NC(=O)C(CS)NC(=O)[C@@H](CCCCNC(=O)OC(C)(C)C)NC(=O)C[C@@H](/C=C/CCS(C)(=O)=O)OC(=O)CNC1=O. The summed E-state index contributed by atoms with van der Waals surface area (Å²) in [5.41, 5.74) is -0.667. The first kappa shape index (κ1) is 40.7. The number of hydrogen-bond acceptors (Lipinski definition) is 11. The van der Waals surface area contributed by atoms with E-state index < -0.39 is 88.3 Å². The molecule has 262 valence electrons. The zero-order valence-electron chi connectivity index (χ0n) is 27.3. The van der Waals surface area contributed by atoms with E-state index in [-0.39, 0.29) is 36.8 Å². The number of esters is 1. The molecule has 1 aliphatic rings. The van der Waals surface area contributed by atoms with Crippen LogP contribution in [0.1, 0.15) is 66.7 Å². The zero-order valence-corrected chi connectivity index (χ0v) is 29.1. The molecule has 0 aliphatic carbocycles. The molecular formula is C29H49N5O10S2. The zero-order chi connectivity index (χ0) is 35.1. The van der Waals surface area contributed by atoms with Crippen molar-refractivity contribution >= 4 is 58.2 Å². The van der Waals surface area contributed by atoms with Gasteiger partial charge in [0, 0.05) is 18.6 Å². The molecule has 1 heterocycles. The fourth-order valence-corrected chi connectivity index (χ4v) is 4.92. The van der Waals surface area contributed by atoms with Crippen LogP contribution in [0.2, 0.25) is 0 Å². The predicted octanol–water partition coefficient (Wildman–Crippen LogP) is 0.144. The lowest BCUT2D eigenvalue weighted by molar-refractivity contribution is -0.148. The van der Waals surface area contributed by atoms with Crippen molar-refractivity contribution in [2.75, 3.05) is 30.9 Å². The molecule has 0 saturated carbocycles. The summed E-state index contributed by atoms with van der Waals surface area (Å²) >= 11 is 4.18. The molecule has 0 aromatic rings. The van der Waals surface area contributed by atoms with Crippen LogP contribution < -0.4 is 26.6 Å². The van der Waals surface area contributed by atoms with Gasteiger partial charge in [-0.1, -0.05) is 19.9 Å². The molecule has 0 aromatic carbocycles. The molecule has 0 spiro atoms. The summed E-state index contributed by atoms with van der Waals surface area (Å²) in [5.74, 6) is -4.23. The molecule has 17 heteroatoms. The normalized spacial score (nSPS) is 22.8. The first-order valence-corrected chi connectivity index (χ1v) is 17.8. The second-order valence-corrected chi connectivity index (χ2v) is 14.9. The standard InChI is InChI=1S/C29H49N5O10S2/c1-18(2)24-27(39)31-16-23(36)43-19(11-8-10-14-46(6,41)42)15-22(35)32-20(25(37)33-21(17-45)26(38)34-24)12-7-9-13-30-28(40)44-29(3,4)5/h8,11,18-21,24,45H,7,9-10,12-17H2,1-6H3,(H,30,40)(H,31,39)(H,32,35)(H,33,37)(H,34,38)/b11-8+/t19-,20-,21?,24-/m1/s1. The highest BCUT2D eigenvalue weighted by Gasteiger charge is 2.31. The number of cyclic esters (lactones) is 1. The van der Waals surface area contributed by atoms with Gasteiger partial charge in [-0.05, 0) is 58.4 Å². The number of allylic oxidation sites excluding steroid dienone is 1. The third kappa shape index (κ3) is 17.4. The van der Waals surface area contributed by atoms with Crippen LogP contribution in [0, 0.1) is 5.92 Å². The Kier molecular flexibility index (Phi) is 17.1. The Labute approximate surface area is 276 Å². The van der Waals surface area contributed by atoms with Gasteiger partial charge in [-0.2, -0.15) is 12.6 Å². The summed E-state index contributed by atoms with van der Waals surface area (Å²) in [6.45, 7) is 8.27. The number of nitrogens with one attached hydrogen (secondary N) is 5. The first-order valence-electron chi connectivity index (χ1n) is 15.1. The van der Waals surface area contributed by atoms with Crippen molar-refractivity contribution in [1.82, 2.24) is 26.6 Å². The summed E-state index contributed by atoms with van der Waals surface area (Å²) in [6, 6.07) is -3.32. The molecule has 1 unspecified atom stereocenters. The number of sulfone groups is 1. The fraction of sp³-hybridized carbons (Fsp3) is 0.724. The van der Waals surface area contributed by atoms with E-state index in [0.717, 1.165) is 6.26 Å². The van der Waals surface area contributed by atoms with Crippen LogP contribution in [-0.4, -0.2) is 105 Å². The van der Waals surface area contributed by atoms with Crippen LogP contribution >= 0.6 is 12.6 Å². The average molecular weight is 692 g/mol. The van der Waals surface area contributed by atoms with E-state index in [2.05, 4.69) is 39.2 Å². The molecule has 5 amide bonds. The van der Waals surface area contributed by atoms with Gasteiger partial charge >= 0.3 is 12.1 Å². The number of rotatable bonds is 11. The van der Waals surface area contributed by atoms with Crippen molar-refractivity contribution in [3.05, 3.63) is 12.2 Å². The Morgan fingerprint density at radius 1 is 1.04 bits per heavy atom. The van der Waals surface area contributed by atoms with E-state index in [0.29, 0.717) is 12.8 Å². The van der Waals surface area contributed by atoms with Crippen molar-refractivity contribution in [1.29, 1.82) is 0 Å². The molecular weight excluding hydrogens is 642 g/mol. The van der Waals surface area contributed by atoms with Crippen LogP contribution in [0.5, 0.6) is 0 Å². The van der Waals surface area contributed by atoms with E-state index >= 15 is 0 Å². The lowest BCUT2D eigenvalue weighted by Gasteiger charge is -2.27. The van der Waals surface area contributed by atoms with Gasteiger partial charge in [0.15, 0.2) is 0 Å². The minimum absolute atomic E-state index is 0.106. The number of unbranched alkanes of at least 4 members (excludes halogenated alkanes) is 1. The summed E-state index contributed by atoms with van der Waals surface area (Å²) in [7, 11) is -3.26. The second-order valence-electron chi connectivity index (χ2n) is 12.3. The molecule has 0 radical (unpaired) electrons. The highest BCUT2D eigenvalue weighted by Crippen LogP contribution is 2.10. The predicted molar refractivity (Wildman–Crippen MR) is 174 cm³/mol. The lowest BCUT2D eigenvalue weighted by atomic mass is 10.0. The number of thiol groups is 1. The molecule has 4 atom stereocenters. The van der Waals surface area contributed by atoms with Gasteiger partial charge in [0.2, 0.25) is 23.6 Å². The smallest absolute Gasteiger partial charge is 0.407 e. The summed E-state index contributed by atoms with van der Waals surface area (Å²) in [6.07, 6.45) is 2.82. The quantitative estimate of drug-likeness (QED) is 0.0746. The number of carbonyl (C=O) groups excluding carboxylic acids is 6. The second kappa shape index (κ2) is 19.4. The summed E-state index contributed by atoms with van der Waals surface area (Å²) in [4.78, 5) is 76.9. The maximum atomic E-state index is 13.3. The van der Waals surface area contributed by atoms with Gasteiger partial charge in [-0.15, -0.1) is 0 Å². The lowest BCUT2D eigenvalue weighted by Crippen LogP contribution is -2.58. The minimum atomic E-state index is -3.26. The largest absolute Gasteiger partial charge is 0.456 e. The van der Waals surface area contributed by atoms with Crippen molar-refractivity contribution in [2.24, 2.45) is 5.92 Å². The van der Waals surface area contributed by atoms with Crippen molar-refractivity contribution < 1.29 is 46.7 Å². The highest BCUT2D eigenvalue weighted by molar-refractivity contribution is 7.90. The molecule has 0 aromatic heterocycles. The Morgan fingerprint density at radius 3 is 2.28 bits per heavy atom. The summed E-state index contributed by atoms with van der Waals surface area (Å²) < 4.78 is 33.6. The van der Waals surface area contributed by atoms with Gasteiger partial charge in [-0.3, -0.25) is 24.0 Å². The van der Waals surface area contributed by atoms with Crippen LogP contribution in [0.15, 0.2) is 12.2 Å². The van der Waals surface area contributed by atoms with E-state index in [1.807, 2.05) is 0 Å². The van der Waals surface area contributed by atoms with Gasteiger partial charge in [-0.25, -0.2) is 13.2 Å². The molecule has 46 heavy (non-hydrogen) atoms. The van der Waals surface area contributed by atoms with Crippen LogP contribution in [-0.2, 0) is 43.3 Å². The summed E-state index contributed by atoms with van der Waals surface area (Å²) in [5, 5.41) is 12.8. The average Bonchev–Trinajstić information content (AvgIpc) is 2.92. The molecule has 1 fully saturated rings. The van der Waals surface area contributed by atoms with Gasteiger partial charge in [0.05, 0.1) is 12.2 Å². The molecule has 15 nitrogen and oxygen atoms in total. The molecule has 0 bridgehead atoms. The number of ether oxygens (including phenoxy) is 2. The van der Waals surface area contributed by atoms with Gasteiger partial charge < -0.3 is 36.1 Å². The Balaban J connectivity index is 3.20. The van der Waals surface area contributed by atoms with Crippen molar-refractivity contribution in [3.8, 4) is 0 Å². The minimum Gasteiger partial charge on any atom is -0.456 e. The van der Waals surface area contributed by atoms with E-state index in [1.165, 1.54) is 12.2 Å². The maximum absolute atomic E-state index is 13.3. The Morgan fingerprint density at radius 2 is 1.70 bits per heavy atom. The van der Waals surface area contributed by atoms with E-state index in [1.54, 1.807) is 34.6 Å². The first-order chi connectivity index (χ1) is 21.3. The molecule has 1 saturated heterocycles. The fourth-order valence-electron chi connectivity index (χ4n) is 4.10. The van der Waals surface area contributed by atoms with Gasteiger partial charge in [0.1, 0.15) is 46.2 Å². The van der Waals surface area contributed by atoms with Crippen molar-refractivity contribution in [3.63, 3.8) is 0 Å².